The molecule has 0 spiro atoms. The lowest BCUT2D eigenvalue weighted by Gasteiger charge is -1.96. The maximum Gasteiger partial charge on any atom is 0.0573 e. The van der Waals surface area contributed by atoms with Crippen molar-refractivity contribution in [3.8, 4) is 0 Å². The smallest absolute Gasteiger partial charge is 0.0573 e. The third-order valence-corrected chi connectivity index (χ3v) is 1.35. The highest BCUT2D eigenvalue weighted by Gasteiger charge is 1.86. The van der Waals surface area contributed by atoms with Gasteiger partial charge in [0.05, 0.1) is 1.37 Å². The fourth-order valence-electron chi connectivity index (χ4n) is 0.478. The van der Waals surface area contributed by atoms with Crippen LogP contribution >= 0.6 is 0 Å². The van der Waals surface area contributed by atoms with Crippen LogP contribution in [0.15, 0.2) is 24.3 Å². The fraction of sp³-hybridized carbons (Fsp3) is 0.556. The summed E-state index contributed by atoms with van der Waals surface area (Å²) in [6.07, 6.45) is 7.06. The monoisotopic (exact) mass is 125 g/mol. The van der Waals surface area contributed by atoms with E-state index in [0.717, 1.165) is 0 Å². The van der Waals surface area contributed by atoms with E-state index in [1.807, 2.05) is 12.2 Å². The second-order valence-electron chi connectivity index (χ2n) is 2.23. The quantitative estimate of drug-likeness (QED) is 0.508. The van der Waals surface area contributed by atoms with E-state index in [1.165, 1.54) is 6.42 Å². The maximum atomic E-state index is 7.09. The average Bonchev–Trinajstić information content (AvgIpc) is 1.87. The van der Waals surface area contributed by atoms with Gasteiger partial charge in [0.1, 0.15) is 0 Å². The van der Waals surface area contributed by atoms with Crippen molar-refractivity contribution in [2.75, 3.05) is 0 Å². The van der Waals surface area contributed by atoms with Gasteiger partial charge in [0, 0.05) is 0 Å². The van der Waals surface area contributed by atoms with Gasteiger partial charge in [0.2, 0.25) is 0 Å². The summed E-state index contributed by atoms with van der Waals surface area (Å²) in [4.78, 5) is 0. The molecule has 0 saturated carbocycles. The molecule has 0 amide bonds. The molecule has 0 bridgehead atoms. The van der Waals surface area contributed by atoms with E-state index in [1.54, 1.807) is 6.92 Å². The largest absolute Gasteiger partial charge is 0.0877 e. The van der Waals surface area contributed by atoms with Crippen molar-refractivity contribution in [3.63, 3.8) is 0 Å². The Labute approximate surface area is 59.7 Å². The van der Waals surface area contributed by atoms with Crippen molar-refractivity contribution in [2.24, 2.45) is 5.92 Å². The third-order valence-electron chi connectivity index (χ3n) is 1.35. The molecule has 0 aromatic carbocycles. The zero-order valence-corrected chi connectivity index (χ0v) is 6.52. The Morgan fingerprint density at radius 3 is 2.67 bits per heavy atom. The van der Waals surface area contributed by atoms with Gasteiger partial charge in [-0.3, -0.25) is 0 Å². The minimum atomic E-state index is 0.611. The van der Waals surface area contributed by atoms with Crippen LogP contribution in [0, 0.1) is 5.92 Å². The molecule has 0 fully saturated rings. The van der Waals surface area contributed by atoms with Crippen molar-refractivity contribution in [1.82, 2.24) is 0 Å². The number of rotatable bonds is 3. The molecule has 0 aliphatic heterocycles. The molecule has 9 heavy (non-hydrogen) atoms. The fourth-order valence-corrected chi connectivity index (χ4v) is 0.478. The lowest BCUT2D eigenvalue weighted by Crippen LogP contribution is -1.82. The molecule has 0 N–H and O–H groups in total. The molecule has 0 heteroatoms. The topological polar surface area (TPSA) is 0 Å². The van der Waals surface area contributed by atoms with E-state index in [0.29, 0.717) is 12.0 Å². The summed E-state index contributed by atoms with van der Waals surface area (Å²) in [6.45, 7) is 6.11. The summed E-state index contributed by atoms with van der Waals surface area (Å²) < 4.78 is 7.09. The Morgan fingerprint density at radius 2 is 2.22 bits per heavy atom. The lowest BCUT2D eigenvalue weighted by atomic mass is 10.1. The van der Waals surface area contributed by atoms with E-state index in [9.17, 15) is 0 Å². The van der Waals surface area contributed by atoms with Crippen molar-refractivity contribution in [1.29, 1.82) is 0 Å². The molecule has 0 radical (unpaired) electrons. The summed E-state index contributed by atoms with van der Waals surface area (Å²) in [5.74, 6) is 0.635. The van der Waals surface area contributed by atoms with Crippen LogP contribution in [0.3, 0.4) is 0 Å². The van der Waals surface area contributed by atoms with Crippen molar-refractivity contribution in [2.45, 2.75) is 27.2 Å². The zero-order valence-electron chi connectivity index (χ0n) is 7.52. The predicted octanol–water partition coefficient (Wildman–Crippen LogP) is 3.16. The highest BCUT2D eigenvalue weighted by Crippen LogP contribution is 2.01. The molecule has 0 rings (SSSR count). The van der Waals surface area contributed by atoms with Crippen LogP contribution in [0.1, 0.15) is 28.6 Å². The molecule has 0 aromatic heterocycles. The van der Waals surface area contributed by atoms with Crippen LogP contribution in [-0.2, 0) is 0 Å². The molecule has 0 saturated heterocycles. The first-order valence-electron chi connectivity index (χ1n) is 3.98. The highest BCUT2D eigenvalue weighted by atomic mass is 13.9. The minimum absolute atomic E-state index is 0.611. The molecule has 0 aliphatic carbocycles. The molecule has 52 valence electrons. The normalized spacial score (nSPS) is 18.1. The highest BCUT2D eigenvalue weighted by molar-refractivity contribution is 5.02. The van der Waals surface area contributed by atoms with Crippen molar-refractivity contribution < 1.29 is 1.37 Å². The Morgan fingerprint density at radius 1 is 1.56 bits per heavy atom. The van der Waals surface area contributed by atoms with E-state index in [-0.39, 0.29) is 0 Å². The van der Waals surface area contributed by atoms with Gasteiger partial charge in [0.15, 0.2) is 0 Å². The summed E-state index contributed by atoms with van der Waals surface area (Å²) in [6, 6.07) is 0.611. The Kier molecular flexibility index (Phi) is 4.12. The van der Waals surface area contributed by atoms with Crippen molar-refractivity contribution >= 4 is 0 Å². The van der Waals surface area contributed by atoms with E-state index >= 15 is 0 Å². The zero-order chi connectivity index (χ0) is 7.98. The summed E-state index contributed by atoms with van der Waals surface area (Å²) >= 11 is 0. The Hall–Kier alpha value is -0.520. The van der Waals surface area contributed by atoms with E-state index in [2.05, 4.69) is 19.9 Å². The van der Waals surface area contributed by atoms with Crippen LogP contribution in [-0.4, -0.2) is 0 Å². The molecule has 1 atom stereocenters. The molecule has 0 unspecified atom stereocenters. The van der Waals surface area contributed by atoms with Gasteiger partial charge in [-0.15, -0.1) is 0 Å². The van der Waals surface area contributed by atoms with E-state index in [4.69, 9.17) is 1.37 Å². The summed E-state index contributed by atoms with van der Waals surface area (Å²) in [5.41, 5.74) is 0. The second kappa shape index (κ2) is 5.61. The first-order valence-corrected chi connectivity index (χ1v) is 3.48. The van der Waals surface area contributed by atoms with Gasteiger partial charge in [0.25, 0.3) is 0 Å². The first-order chi connectivity index (χ1) is 4.66. The first kappa shape index (κ1) is 6.60. The van der Waals surface area contributed by atoms with Crippen LogP contribution in [0.2, 0.25) is 0 Å². The number of hydrogen-bond acceptors (Lipinski definition) is 0. The number of hydrogen-bond donors (Lipinski definition) is 0. The van der Waals surface area contributed by atoms with E-state index < -0.39 is 0 Å². The Balaban J connectivity index is 3.66. The standard InChI is InChI=1S/C9H16/c1-4-6-7-8-9(3)5-2/h4,6-9H,5H2,1-3H3/b6-4+,8-7-/t9-/m1/s1/i4D. The Bertz CT molecular complexity index is 130. The number of allylic oxidation sites excluding steroid dienone is 4. The summed E-state index contributed by atoms with van der Waals surface area (Å²) in [5, 5.41) is 0. The van der Waals surface area contributed by atoms with Gasteiger partial charge in [-0.2, -0.15) is 0 Å². The van der Waals surface area contributed by atoms with Gasteiger partial charge >= 0.3 is 0 Å². The SMILES string of the molecule is [2H]/C(C)=C\C=C/[C@H](C)CC. The molecule has 0 nitrogen and oxygen atoms in total. The van der Waals surface area contributed by atoms with Gasteiger partial charge < -0.3 is 0 Å². The molecular formula is C9H16. The lowest BCUT2D eigenvalue weighted by molar-refractivity contribution is 0.698. The van der Waals surface area contributed by atoms with Gasteiger partial charge in [-0.05, 0) is 12.8 Å². The van der Waals surface area contributed by atoms with Crippen LogP contribution in [0.5, 0.6) is 0 Å². The maximum absolute atomic E-state index is 7.09. The summed E-state index contributed by atoms with van der Waals surface area (Å²) in [7, 11) is 0. The van der Waals surface area contributed by atoms with Crippen LogP contribution in [0.4, 0.5) is 0 Å². The van der Waals surface area contributed by atoms with Crippen molar-refractivity contribution in [3.05, 3.63) is 24.3 Å². The third kappa shape index (κ3) is 5.35. The van der Waals surface area contributed by atoms with Crippen LogP contribution in [0.25, 0.3) is 0 Å². The predicted molar refractivity (Wildman–Crippen MR) is 43.4 cm³/mol. The molecule has 0 aliphatic rings. The average molecular weight is 125 g/mol. The van der Waals surface area contributed by atoms with Gasteiger partial charge in [-0.1, -0.05) is 44.5 Å². The molecule has 0 aromatic rings. The second-order valence-corrected chi connectivity index (χ2v) is 2.23. The van der Waals surface area contributed by atoms with Crippen LogP contribution < -0.4 is 0 Å². The molecular weight excluding hydrogens is 108 g/mol. The molecule has 0 heterocycles. The van der Waals surface area contributed by atoms with Gasteiger partial charge in [-0.25, -0.2) is 0 Å². The minimum Gasteiger partial charge on any atom is -0.0877 e.